The number of nitrogens with zero attached hydrogens (tertiary/aromatic N) is 4. The molecule has 54 heavy (non-hydrogen) atoms. The van der Waals surface area contributed by atoms with E-state index in [1.807, 2.05) is 66.7 Å². The molecule has 5 aromatic rings. The highest BCUT2D eigenvalue weighted by molar-refractivity contribution is 5.75. The first-order chi connectivity index (χ1) is 26.2. The lowest BCUT2D eigenvalue weighted by atomic mass is 9.52. The third-order valence-electron chi connectivity index (χ3n) is 13.8. The monoisotopic (exact) mass is 710 g/mol. The van der Waals surface area contributed by atoms with Gasteiger partial charge in [0, 0.05) is 16.7 Å². The molecule has 0 N–H and O–H groups in total. The van der Waals surface area contributed by atoms with Gasteiger partial charge in [0.05, 0.1) is 11.6 Å². The van der Waals surface area contributed by atoms with Gasteiger partial charge < -0.3 is 0 Å². The first kappa shape index (κ1) is 35.1. The standard InChI is InChI=1S/C50H54N4/c1-32-15-36-16-33(2)26-49(25-32,29-36)44-22-42(23-45(24-44)50-27-34(3)17-37(30-50)18-35(4)28-50)41-19-38(31-51)20-43(21-41)48-53-46(39-11-7-5-8-12-39)52-47(54-48)40-13-9-6-10-14-40/h5-14,19-24,32-37H,15-18,25-30H2,1-4H3/t32-,33+,34-,35+,36?,37?,49?,50?. The molecule has 4 bridgehead atoms. The summed E-state index contributed by atoms with van der Waals surface area (Å²) in [5.41, 5.74) is 9.21. The lowest BCUT2D eigenvalue weighted by Crippen LogP contribution is -2.44. The van der Waals surface area contributed by atoms with Crippen molar-refractivity contribution in [1.29, 1.82) is 5.26 Å². The van der Waals surface area contributed by atoms with Gasteiger partial charge in [-0.25, -0.2) is 15.0 Å². The van der Waals surface area contributed by atoms with Crippen LogP contribution in [-0.4, -0.2) is 15.0 Å². The maximum Gasteiger partial charge on any atom is 0.164 e. The molecule has 1 aromatic heterocycles. The van der Waals surface area contributed by atoms with Crippen LogP contribution in [0.5, 0.6) is 0 Å². The van der Waals surface area contributed by atoms with Crippen LogP contribution in [0, 0.1) is 46.8 Å². The molecule has 274 valence electrons. The van der Waals surface area contributed by atoms with Crippen LogP contribution in [-0.2, 0) is 10.8 Å². The molecule has 4 saturated carbocycles. The molecule has 0 aliphatic heterocycles. The molecule has 0 saturated heterocycles. The molecule has 4 aromatic carbocycles. The summed E-state index contributed by atoms with van der Waals surface area (Å²) < 4.78 is 0. The molecule has 4 unspecified atom stereocenters. The third kappa shape index (κ3) is 6.70. The van der Waals surface area contributed by atoms with E-state index in [9.17, 15) is 5.26 Å². The highest BCUT2D eigenvalue weighted by Crippen LogP contribution is 2.58. The molecule has 0 spiro atoms. The fraction of sp³-hybridized carbons (Fsp3) is 0.440. The lowest BCUT2D eigenvalue weighted by molar-refractivity contribution is 0.0738. The molecule has 4 aliphatic rings. The predicted molar refractivity (Wildman–Crippen MR) is 219 cm³/mol. The number of fused-ring (bicyclic) bond motifs is 4. The van der Waals surface area contributed by atoms with E-state index in [2.05, 4.69) is 64.1 Å². The Labute approximate surface area is 322 Å². The number of benzene rings is 4. The normalized spacial score (nSPS) is 30.4. The first-order valence-corrected chi connectivity index (χ1v) is 20.7. The molecular weight excluding hydrogens is 657 g/mol. The summed E-state index contributed by atoms with van der Waals surface area (Å²) in [4.78, 5) is 15.1. The zero-order valence-corrected chi connectivity index (χ0v) is 32.6. The van der Waals surface area contributed by atoms with Crippen molar-refractivity contribution in [3.63, 3.8) is 0 Å². The molecule has 4 aliphatic carbocycles. The van der Waals surface area contributed by atoms with Crippen LogP contribution in [0.2, 0.25) is 0 Å². The van der Waals surface area contributed by atoms with Crippen molar-refractivity contribution in [2.45, 2.75) is 103 Å². The van der Waals surface area contributed by atoms with E-state index in [-0.39, 0.29) is 10.8 Å². The summed E-state index contributed by atoms with van der Waals surface area (Å²) >= 11 is 0. The Balaban J connectivity index is 1.23. The van der Waals surface area contributed by atoms with E-state index in [0.29, 0.717) is 23.0 Å². The van der Waals surface area contributed by atoms with Crippen molar-refractivity contribution < 1.29 is 0 Å². The van der Waals surface area contributed by atoms with Gasteiger partial charge in [0.15, 0.2) is 17.5 Å². The topological polar surface area (TPSA) is 62.5 Å². The number of hydrogen-bond acceptors (Lipinski definition) is 4. The van der Waals surface area contributed by atoms with Crippen molar-refractivity contribution in [2.75, 3.05) is 0 Å². The Morgan fingerprint density at radius 1 is 0.463 bits per heavy atom. The molecule has 4 nitrogen and oxygen atoms in total. The molecule has 4 heteroatoms. The molecule has 0 amide bonds. The Hall–Kier alpha value is -4.62. The smallest absolute Gasteiger partial charge is 0.164 e. The van der Waals surface area contributed by atoms with E-state index >= 15 is 0 Å². The average Bonchev–Trinajstić information content (AvgIpc) is 3.17. The Kier molecular flexibility index (Phi) is 9.04. The summed E-state index contributed by atoms with van der Waals surface area (Å²) in [5.74, 6) is 6.44. The Bertz CT molecular complexity index is 2040. The van der Waals surface area contributed by atoms with Crippen LogP contribution in [0.3, 0.4) is 0 Å². The zero-order valence-electron chi connectivity index (χ0n) is 32.6. The number of nitriles is 1. The van der Waals surface area contributed by atoms with Gasteiger partial charge in [-0.2, -0.15) is 5.26 Å². The van der Waals surface area contributed by atoms with Crippen LogP contribution < -0.4 is 0 Å². The van der Waals surface area contributed by atoms with Crippen molar-refractivity contribution >= 4 is 0 Å². The molecule has 4 fully saturated rings. The highest BCUT2D eigenvalue weighted by atomic mass is 15.0. The average molecular weight is 711 g/mol. The number of hydrogen-bond donors (Lipinski definition) is 0. The van der Waals surface area contributed by atoms with Crippen molar-refractivity contribution in [2.24, 2.45) is 35.5 Å². The van der Waals surface area contributed by atoms with Gasteiger partial charge in [-0.05, 0) is 151 Å². The van der Waals surface area contributed by atoms with Gasteiger partial charge in [0.25, 0.3) is 0 Å². The minimum Gasteiger partial charge on any atom is -0.208 e. The quantitative estimate of drug-likeness (QED) is 0.176. The Morgan fingerprint density at radius 3 is 1.28 bits per heavy atom. The van der Waals surface area contributed by atoms with Gasteiger partial charge in [-0.1, -0.05) is 107 Å². The predicted octanol–water partition coefficient (Wildman–Crippen LogP) is 12.6. The SMILES string of the molecule is C[C@@H]1CC2C[C@H](C)CC(c3cc(-c4cc(C#N)cc(-c5nc(-c6ccccc6)nc(-c6ccccc6)n5)c4)cc(C45CC(C[C@@H](C)C4)C[C@H](C)C5)c3)(C2)C1. The van der Waals surface area contributed by atoms with E-state index < -0.39 is 0 Å². The molecule has 1 heterocycles. The van der Waals surface area contributed by atoms with E-state index in [0.717, 1.165) is 57.8 Å². The minimum atomic E-state index is 0.209. The van der Waals surface area contributed by atoms with E-state index in [1.54, 1.807) is 11.1 Å². The summed E-state index contributed by atoms with van der Waals surface area (Å²) in [6.07, 6.45) is 13.2. The maximum absolute atomic E-state index is 10.5. The van der Waals surface area contributed by atoms with Crippen LogP contribution in [0.4, 0.5) is 0 Å². The summed E-state index contributed by atoms with van der Waals surface area (Å²) in [6.45, 7) is 10.0. The second-order valence-electron chi connectivity index (χ2n) is 18.6. The van der Waals surface area contributed by atoms with Gasteiger partial charge >= 0.3 is 0 Å². The summed E-state index contributed by atoms with van der Waals surface area (Å²) in [5, 5.41) is 10.5. The fourth-order valence-corrected chi connectivity index (χ4v) is 12.4. The van der Waals surface area contributed by atoms with Crippen molar-refractivity contribution in [3.05, 3.63) is 114 Å². The molecule has 0 radical (unpaired) electrons. The zero-order chi connectivity index (χ0) is 37.0. The fourth-order valence-electron chi connectivity index (χ4n) is 12.4. The van der Waals surface area contributed by atoms with Crippen LogP contribution in [0.15, 0.2) is 97.1 Å². The van der Waals surface area contributed by atoms with Crippen molar-refractivity contribution in [3.8, 4) is 51.4 Å². The van der Waals surface area contributed by atoms with Crippen LogP contribution in [0.25, 0.3) is 45.3 Å². The van der Waals surface area contributed by atoms with Crippen LogP contribution in [0.1, 0.15) is 109 Å². The highest BCUT2D eigenvalue weighted by Gasteiger charge is 2.48. The lowest BCUT2D eigenvalue weighted by Gasteiger charge is -2.52. The van der Waals surface area contributed by atoms with Gasteiger partial charge in [-0.3, -0.25) is 0 Å². The second kappa shape index (κ2) is 13.9. The van der Waals surface area contributed by atoms with Gasteiger partial charge in [0.1, 0.15) is 0 Å². The summed E-state index contributed by atoms with van der Waals surface area (Å²) in [7, 11) is 0. The van der Waals surface area contributed by atoms with E-state index in [4.69, 9.17) is 15.0 Å². The van der Waals surface area contributed by atoms with Crippen molar-refractivity contribution in [1.82, 2.24) is 15.0 Å². The Morgan fingerprint density at radius 2 is 0.852 bits per heavy atom. The number of rotatable bonds is 6. The molecular formula is C50H54N4. The van der Waals surface area contributed by atoms with Crippen LogP contribution >= 0.6 is 0 Å². The largest absolute Gasteiger partial charge is 0.208 e. The third-order valence-corrected chi connectivity index (χ3v) is 13.8. The number of aromatic nitrogens is 3. The van der Waals surface area contributed by atoms with E-state index in [1.165, 1.54) is 69.8 Å². The summed E-state index contributed by atoms with van der Waals surface area (Å²) in [6, 6.07) is 36.9. The maximum atomic E-state index is 10.5. The van der Waals surface area contributed by atoms with Gasteiger partial charge in [-0.15, -0.1) is 0 Å². The molecule has 9 rings (SSSR count). The second-order valence-corrected chi connectivity index (χ2v) is 18.6. The first-order valence-electron chi connectivity index (χ1n) is 20.7. The van der Waals surface area contributed by atoms with Gasteiger partial charge in [0.2, 0.25) is 0 Å². The molecule has 8 atom stereocenters. The minimum absolute atomic E-state index is 0.209.